The first-order chi connectivity index (χ1) is 7.66. The van der Waals surface area contributed by atoms with Crippen molar-refractivity contribution in [3.63, 3.8) is 0 Å². The van der Waals surface area contributed by atoms with Crippen molar-refractivity contribution in [2.24, 2.45) is 0 Å². The molecule has 16 heavy (non-hydrogen) atoms. The molecular formula is C11H10N2O3. The number of nitrogens with one attached hydrogen (secondary N) is 1. The van der Waals surface area contributed by atoms with E-state index in [-0.39, 0.29) is 17.2 Å². The number of rotatable bonds is 2. The molecule has 0 saturated carbocycles. The van der Waals surface area contributed by atoms with Gasteiger partial charge in [-0.15, -0.1) is 0 Å². The molecule has 0 fully saturated rings. The van der Waals surface area contributed by atoms with Gasteiger partial charge >= 0.3 is 0 Å². The third-order valence-electron chi connectivity index (χ3n) is 2.01. The van der Waals surface area contributed by atoms with Gasteiger partial charge in [-0.25, -0.2) is 0 Å². The van der Waals surface area contributed by atoms with E-state index in [4.69, 9.17) is 10.2 Å². The topological polar surface area (TPSA) is 88.5 Å². The zero-order chi connectivity index (χ0) is 11.5. The minimum atomic E-state index is -0.426. The Kier molecular flexibility index (Phi) is 2.51. The molecule has 0 aliphatic carbocycles. The molecule has 0 spiro atoms. The van der Waals surface area contributed by atoms with Gasteiger partial charge in [-0.05, 0) is 24.3 Å². The first-order valence-electron chi connectivity index (χ1n) is 4.60. The van der Waals surface area contributed by atoms with Crippen molar-refractivity contribution in [3.8, 4) is 5.75 Å². The Morgan fingerprint density at radius 1 is 1.38 bits per heavy atom. The van der Waals surface area contributed by atoms with Crippen LogP contribution in [0.25, 0.3) is 0 Å². The molecule has 1 heterocycles. The first-order valence-corrected chi connectivity index (χ1v) is 4.60. The van der Waals surface area contributed by atoms with Gasteiger partial charge < -0.3 is 20.6 Å². The molecule has 0 aliphatic rings. The summed E-state index contributed by atoms with van der Waals surface area (Å²) in [7, 11) is 0. The van der Waals surface area contributed by atoms with Crippen LogP contribution in [0.2, 0.25) is 0 Å². The van der Waals surface area contributed by atoms with Gasteiger partial charge in [-0.3, -0.25) is 4.79 Å². The highest BCUT2D eigenvalue weighted by molar-refractivity contribution is 6.03. The number of hydrogen-bond acceptors (Lipinski definition) is 4. The average molecular weight is 218 g/mol. The summed E-state index contributed by atoms with van der Waals surface area (Å²) in [4.78, 5) is 11.6. The molecule has 0 bridgehead atoms. The van der Waals surface area contributed by atoms with Gasteiger partial charge in [0, 0.05) is 11.8 Å². The van der Waals surface area contributed by atoms with Crippen LogP contribution in [0.4, 0.5) is 11.4 Å². The molecule has 2 aromatic rings. The van der Waals surface area contributed by atoms with Gasteiger partial charge in [0.05, 0.1) is 12.0 Å². The van der Waals surface area contributed by atoms with Crippen LogP contribution in [0.15, 0.2) is 41.0 Å². The Morgan fingerprint density at radius 2 is 2.19 bits per heavy atom. The van der Waals surface area contributed by atoms with Crippen LogP contribution >= 0.6 is 0 Å². The molecule has 0 atom stereocenters. The summed E-state index contributed by atoms with van der Waals surface area (Å²) in [5, 5.41) is 12.0. The number of phenols is 1. The summed E-state index contributed by atoms with van der Waals surface area (Å²) in [5.41, 5.74) is 6.17. The van der Waals surface area contributed by atoms with Crippen LogP contribution in [0, 0.1) is 0 Å². The van der Waals surface area contributed by atoms with Crippen LogP contribution < -0.4 is 11.1 Å². The summed E-state index contributed by atoms with van der Waals surface area (Å²) >= 11 is 0. The number of carbonyl (C=O) groups excluding carboxylic acids is 1. The summed E-state index contributed by atoms with van der Waals surface area (Å²) < 4.78 is 4.91. The number of amides is 1. The summed E-state index contributed by atoms with van der Waals surface area (Å²) in [6.07, 6.45) is 1.40. The predicted octanol–water partition coefficient (Wildman–Crippen LogP) is 1.82. The van der Waals surface area contributed by atoms with E-state index in [0.717, 1.165) is 0 Å². The van der Waals surface area contributed by atoms with Crippen molar-refractivity contribution in [1.82, 2.24) is 0 Å². The predicted molar refractivity (Wildman–Crippen MR) is 59.2 cm³/mol. The second-order valence-electron chi connectivity index (χ2n) is 3.21. The zero-order valence-corrected chi connectivity index (χ0v) is 8.31. The number of aromatic hydroxyl groups is 1. The Hall–Kier alpha value is -2.43. The quantitative estimate of drug-likeness (QED) is 0.530. The fourth-order valence-electron chi connectivity index (χ4n) is 1.25. The number of furan rings is 1. The third-order valence-corrected chi connectivity index (χ3v) is 2.01. The minimum absolute atomic E-state index is 0.0834. The highest BCUT2D eigenvalue weighted by Crippen LogP contribution is 2.25. The highest BCUT2D eigenvalue weighted by Gasteiger charge is 2.10. The second-order valence-corrected chi connectivity index (χ2v) is 3.21. The molecule has 82 valence electrons. The number of hydrogen-bond donors (Lipinski definition) is 3. The number of carbonyl (C=O) groups is 1. The van der Waals surface area contributed by atoms with Gasteiger partial charge in [0.15, 0.2) is 5.76 Å². The van der Waals surface area contributed by atoms with Crippen LogP contribution in [-0.4, -0.2) is 11.0 Å². The molecule has 2 rings (SSSR count). The molecule has 4 N–H and O–H groups in total. The molecule has 5 heteroatoms. The maximum absolute atomic E-state index is 11.6. The van der Waals surface area contributed by atoms with Crippen LogP contribution in [-0.2, 0) is 0 Å². The number of phenolic OH excluding ortho intramolecular Hbond substituents is 1. The van der Waals surface area contributed by atoms with Crippen molar-refractivity contribution >= 4 is 17.3 Å². The van der Waals surface area contributed by atoms with Crippen LogP contribution in [0.5, 0.6) is 5.75 Å². The van der Waals surface area contributed by atoms with Gasteiger partial charge in [0.25, 0.3) is 5.91 Å². The van der Waals surface area contributed by atoms with Crippen LogP contribution in [0.3, 0.4) is 0 Å². The maximum atomic E-state index is 11.6. The third kappa shape index (κ3) is 1.98. The van der Waals surface area contributed by atoms with Crippen molar-refractivity contribution in [1.29, 1.82) is 0 Å². The van der Waals surface area contributed by atoms with E-state index in [1.54, 1.807) is 12.1 Å². The molecule has 1 aromatic heterocycles. The van der Waals surface area contributed by atoms with Crippen molar-refractivity contribution in [2.45, 2.75) is 0 Å². The zero-order valence-electron chi connectivity index (χ0n) is 8.31. The Balaban J connectivity index is 2.18. The second kappa shape index (κ2) is 3.98. The molecule has 0 saturated heterocycles. The SMILES string of the molecule is Nc1ccc(NC(=O)c2ccco2)c(O)c1. The van der Waals surface area contributed by atoms with Crippen molar-refractivity contribution in [3.05, 3.63) is 42.4 Å². The summed E-state index contributed by atoms with van der Waals surface area (Å²) in [6, 6.07) is 7.60. The molecule has 0 radical (unpaired) electrons. The van der Waals surface area contributed by atoms with Crippen LogP contribution in [0.1, 0.15) is 10.6 Å². The minimum Gasteiger partial charge on any atom is -0.506 e. The lowest BCUT2D eigenvalue weighted by atomic mass is 10.2. The van der Waals surface area contributed by atoms with Gasteiger partial charge in [0.2, 0.25) is 0 Å². The summed E-state index contributed by atoms with van der Waals surface area (Å²) in [6.45, 7) is 0. The lowest BCUT2D eigenvalue weighted by molar-refractivity contribution is 0.0996. The van der Waals surface area contributed by atoms with Crippen molar-refractivity contribution in [2.75, 3.05) is 11.1 Å². The Labute approximate surface area is 91.5 Å². The molecular weight excluding hydrogens is 208 g/mol. The van der Waals surface area contributed by atoms with E-state index in [1.165, 1.54) is 24.5 Å². The molecule has 1 amide bonds. The summed E-state index contributed by atoms with van der Waals surface area (Å²) in [5.74, 6) is -0.332. The fraction of sp³-hybridized carbons (Fsp3) is 0. The lowest BCUT2D eigenvalue weighted by Crippen LogP contribution is -2.10. The number of nitrogens with two attached hydrogens (primary N) is 1. The van der Waals surface area contributed by atoms with E-state index < -0.39 is 5.91 Å². The molecule has 0 unspecified atom stereocenters. The van der Waals surface area contributed by atoms with E-state index >= 15 is 0 Å². The maximum Gasteiger partial charge on any atom is 0.291 e. The number of benzene rings is 1. The normalized spacial score (nSPS) is 10.0. The number of nitrogen functional groups attached to an aromatic ring is 1. The number of anilines is 2. The van der Waals surface area contributed by atoms with E-state index in [1.807, 2.05) is 0 Å². The van der Waals surface area contributed by atoms with Gasteiger partial charge in [-0.2, -0.15) is 0 Å². The Morgan fingerprint density at radius 3 is 2.81 bits per heavy atom. The highest BCUT2D eigenvalue weighted by atomic mass is 16.3. The Bertz CT molecular complexity index is 506. The van der Waals surface area contributed by atoms with Crippen molar-refractivity contribution < 1.29 is 14.3 Å². The van der Waals surface area contributed by atoms with E-state index in [2.05, 4.69) is 5.32 Å². The molecule has 1 aromatic carbocycles. The molecule has 0 aliphatic heterocycles. The average Bonchev–Trinajstić information content (AvgIpc) is 2.75. The fourth-order valence-corrected chi connectivity index (χ4v) is 1.25. The van der Waals surface area contributed by atoms with E-state index in [0.29, 0.717) is 5.69 Å². The van der Waals surface area contributed by atoms with Gasteiger partial charge in [0.1, 0.15) is 5.75 Å². The van der Waals surface area contributed by atoms with E-state index in [9.17, 15) is 9.90 Å². The standard InChI is InChI=1S/C11H10N2O3/c12-7-3-4-8(9(14)6-7)13-11(15)10-2-1-5-16-10/h1-6,14H,12H2,(H,13,15). The van der Waals surface area contributed by atoms with Gasteiger partial charge in [-0.1, -0.05) is 0 Å². The molecule has 5 nitrogen and oxygen atoms in total. The first kappa shape index (κ1) is 10.1. The smallest absolute Gasteiger partial charge is 0.291 e. The lowest BCUT2D eigenvalue weighted by Gasteiger charge is -2.06. The largest absolute Gasteiger partial charge is 0.506 e. The monoisotopic (exact) mass is 218 g/mol.